The van der Waals surface area contributed by atoms with Crippen molar-refractivity contribution in [1.29, 1.82) is 0 Å². The lowest BCUT2D eigenvalue weighted by molar-refractivity contribution is 0.216. The first kappa shape index (κ1) is 13.5. The molecule has 0 spiro atoms. The number of rotatable bonds is 2. The summed E-state index contributed by atoms with van der Waals surface area (Å²) in [5, 5.41) is 16.8. The van der Waals surface area contributed by atoms with Crippen LogP contribution < -0.4 is 0 Å². The lowest BCUT2D eigenvalue weighted by Gasteiger charge is -2.23. The Balaban J connectivity index is 2.02. The summed E-state index contributed by atoms with van der Waals surface area (Å²) in [6.07, 6.45) is 1.07. The largest absolute Gasteiger partial charge is 0.295 e. The van der Waals surface area contributed by atoms with Crippen LogP contribution in [0.25, 0.3) is 11.5 Å². The summed E-state index contributed by atoms with van der Waals surface area (Å²) in [5.74, 6) is 0.603. The Labute approximate surface area is 122 Å². The normalized spacial score (nSPS) is 16.4. The van der Waals surface area contributed by atoms with Crippen LogP contribution in [-0.4, -0.2) is 47.5 Å². The molecule has 20 heavy (non-hydrogen) atoms. The van der Waals surface area contributed by atoms with Crippen molar-refractivity contribution in [3.8, 4) is 11.5 Å². The Morgan fingerprint density at radius 3 is 2.70 bits per heavy atom. The molecule has 0 aliphatic carbocycles. The van der Waals surface area contributed by atoms with Crippen molar-refractivity contribution in [2.45, 2.75) is 39.4 Å². The van der Waals surface area contributed by atoms with Gasteiger partial charge >= 0.3 is 0 Å². The fourth-order valence-electron chi connectivity index (χ4n) is 2.52. The van der Waals surface area contributed by atoms with E-state index >= 15 is 0 Å². The molecule has 0 amide bonds. The second-order valence-electron chi connectivity index (χ2n) is 5.38. The van der Waals surface area contributed by atoms with Gasteiger partial charge in [0.05, 0.1) is 10.7 Å². The van der Waals surface area contributed by atoms with Gasteiger partial charge in [-0.25, -0.2) is 4.68 Å². The van der Waals surface area contributed by atoms with Gasteiger partial charge in [-0.3, -0.25) is 9.58 Å². The molecule has 1 aliphatic heterocycles. The number of hydrogen-bond donors (Lipinski definition) is 0. The summed E-state index contributed by atoms with van der Waals surface area (Å²) in [4.78, 5) is 2.41. The highest BCUT2D eigenvalue weighted by atomic mass is 35.5. The molecule has 3 rings (SSSR count). The van der Waals surface area contributed by atoms with Gasteiger partial charge in [0.2, 0.25) is 5.82 Å². The Morgan fingerprint density at radius 1 is 1.25 bits per heavy atom. The highest BCUT2D eigenvalue weighted by Crippen LogP contribution is 2.30. The van der Waals surface area contributed by atoms with Crippen molar-refractivity contribution in [3.63, 3.8) is 0 Å². The minimum Gasteiger partial charge on any atom is -0.295 e. The van der Waals surface area contributed by atoms with Crippen LogP contribution in [0, 0.1) is 0 Å². The molecule has 0 radical (unpaired) electrons. The molecule has 0 N–H and O–H groups in total. The SMILES string of the molecule is CC(C)N1CCCn2nc(-c3nnnn3C)c(Cl)c2C1. The van der Waals surface area contributed by atoms with Gasteiger partial charge in [0.15, 0.2) is 5.69 Å². The van der Waals surface area contributed by atoms with Crippen LogP contribution in [0.1, 0.15) is 26.0 Å². The van der Waals surface area contributed by atoms with E-state index in [1.54, 1.807) is 11.7 Å². The van der Waals surface area contributed by atoms with Crippen LogP contribution in [0.5, 0.6) is 0 Å². The molecule has 1 aliphatic rings. The predicted octanol–water partition coefficient (Wildman–Crippen LogP) is 1.34. The lowest BCUT2D eigenvalue weighted by Crippen LogP contribution is -2.30. The van der Waals surface area contributed by atoms with Crippen LogP contribution in [0.4, 0.5) is 0 Å². The van der Waals surface area contributed by atoms with Gasteiger partial charge in [-0.1, -0.05) is 11.6 Å². The van der Waals surface area contributed by atoms with Gasteiger partial charge in [0, 0.05) is 32.7 Å². The van der Waals surface area contributed by atoms with E-state index in [9.17, 15) is 0 Å². The molecular formula is C12H18ClN7. The third kappa shape index (κ3) is 2.20. The molecule has 2 aromatic rings. The first-order valence-electron chi connectivity index (χ1n) is 6.80. The maximum Gasteiger partial charge on any atom is 0.203 e. The molecule has 0 bridgehead atoms. The maximum absolute atomic E-state index is 6.53. The lowest BCUT2D eigenvalue weighted by atomic mass is 10.2. The van der Waals surface area contributed by atoms with E-state index in [1.807, 2.05) is 4.68 Å². The molecule has 0 fully saturated rings. The molecule has 7 nitrogen and oxygen atoms in total. The van der Waals surface area contributed by atoms with Crippen LogP contribution >= 0.6 is 11.6 Å². The summed E-state index contributed by atoms with van der Waals surface area (Å²) in [6.45, 7) is 7.16. The summed E-state index contributed by atoms with van der Waals surface area (Å²) >= 11 is 6.53. The molecule has 0 atom stereocenters. The molecule has 0 aromatic carbocycles. The number of aromatic nitrogens is 6. The number of fused-ring (bicyclic) bond motifs is 1. The molecule has 108 valence electrons. The molecular weight excluding hydrogens is 278 g/mol. The van der Waals surface area contributed by atoms with Crippen LogP contribution in [0.3, 0.4) is 0 Å². The maximum atomic E-state index is 6.53. The van der Waals surface area contributed by atoms with Crippen molar-refractivity contribution in [1.82, 2.24) is 34.9 Å². The van der Waals surface area contributed by atoms with E-state index in [0.717, 1.165) is 31.7 Å². The summed E-state index contributed by atoms with van der Waals surface area (Å²) < 4.78 is 3.59. The molecule has 0 saturated heterocycles. The van der Waals surface area contributed by atoms with E-state index in [-0.39, 0.29) is 0 Å². The summed E-state index contributed by atoms with van der Waals surface area (Å²) in [7, 11) is 1.79. The standard InChI is InChI=1S/C12H18ClN7/c1-8(2)19-5-4-6-20-9(7-19)10(13)11(15-20)12-14-16-17-18(12)3/h8H,4-7H2,1-3H3. The molecule has 0 unspecified atom stereocenters. The van der Waals surface area contributed by atoms with Crippen molar-refractivity contribution < 1.29 is 0 Å². The summed E-state index contributed by atoms with van der Waals surface area (Å²) in [5.41, 5.74) is 1.72. The van der Waals surface area contributed by atoms with Gasteiger partial charge in [-0.15, -0.1) is 5.10 Å². The van der Waals surface area contributed by atoms with Gasteiger partial charge in [-0.05, 0) is 30.7 Å². The Kier molecular flexibility index (Phi) is 3.47. The van der Waals surface area contributed by atoms with Gasteiger partial charge in [0.1, 0.15) is 0 Å². The van der Waals surface area contributed by atoms with Crippen LogP contribution in [-0.2, 0) is 20.1 Å². The summed E-state index contributed by atoms with van der Waals surface area (Å²) in [6, 6.07) is 0.493. The number of aryl methyl sites for hydroxylation is 2. The van der Waals surface area contributed by atoms with Gasteiger partial charge in [0.25, 0.3) is 0 Å². The highest BCUT2D eigenvalue weighted by Gasteiger charge is 2.25. The number of halogens is 1. The second-order valence-corrected chi connectivity index (χ2v) is 5.75. The fraction of sp³-hybridized carbons (Fsp3) is 0.667. The topological polar surface area (TPSA) is 64.7 Å². The zero-order chi connectivity index (χ0) is 14.3. The van der Waals surface area contributed by atoms with E-state index in [0.29, 0.717) is 22.6 Å². The highest BCUT2D eigenvalue weighted by molar-refractivity contribution is 6.33. The number of tetrazole rings is 1. The number of nitrogens with zero attached hydrogens (tertiary/aromatic N) is 7. The predicted molar refractivity (Wildman–Crippen MR) is 75.2 cm³/mol. The van der Waals surface area contributed by atoms with E-state index < -0.39 is 0 Å². The zero-order valence-corrected chi connectivity index (χ0v) is 12.7. The first-order valence-corrected chi connectivity index (χ1v) is 7.17. The minimum atomic E-state index is 0.493. The minimum absolute atomic E-state index is 0.493. The first-order chi connectivity index (χ1) is 9.58. The Hall–Kier alpha value is -1.47. The van der Waals surface area contributed by atoms with Gasteiger partial charge < -0.3 is 0 Å². The third-order valence-corrected chi connectivity index (χ3v) is 4.12. The molecule has 3 heterocycles. The Morgan fingerprint density at radius 2 is 2.05 bits per heavy atom. The smallest absolute Gasteiger partial charge is 0.203 e. The van der Waals surface area contributed by atoms with E-state index in [1.165, 1.54) is 0 Å². The van der Waals surface area contributed by atoms with Crippen molar-refractivity contribution in [2.75, 3.05) is 6.54 Å². The van der Waals surface area contributed by atoms with Crippen molar-refractivity contribution in [2.24, 2.45) is 7.05 Å². The second kappa shape index (κ2) is 5.14. The molecule has 0 saturated carbocycles. The van der Waals surface area contributed by atoms with Crippen molar-refractivity contribution in [3.05, 3.63) is 10.7 Å². The Bertz CT molecular complexity index is 615. The van der Waals surface area contributed by atoms with Gasteiger partial charge in [-0.2, -0.15) is 5.10 Å². The molecule has 2 aromatic heterocycles. The quantitative estimate of drug-likeness (QED) is 0.836. The van der Waals surface area contributed by atoms with E-state index in [4.69, 9.17) is 11.6 Å². The monoisotopic (exact) mass is 295 g/mol. The van der Waals surface area contributed by atoms with Crippen molar-refractivity contribution >= 4 is 11.6 Å². The van der Waals surface area contributed by atoms with Crippen LogP contribution in [0.15, 0.2) is 0 Å². The van der Waals surface area contributed by atoms with E-state index in [2.05, 4.69) is 39.4 Å². The number of hydrogen-bond acceptors (Lipinski definition) is 5. The molecule has 8 heteroatoms. The fourth-order valence-corrected chi connectivity index (χ4v) is 2.80. The third-order valence-electron chi connectivity index (χ3n) is 3.72. The average molecular weight is 296 g/mol. The average Bonchev–Trinajstić information content (AvgIpc) is 2.86. The van der Waals surface area contributed by atoms with Crippen LogP contribution in [0.2, 0.25) is 5.02 Å². The zero-order valence-electron chi connectivity index (χ0n) is 11.9.